The van der Waals surface area contributed by atoms with Gasteiger partial charge in [0, 0.05) is 31.1 Å². The number of ether oxygens (including phenoxy) is 2. The summed E-state index contributed by atoms with van der Waals surface area (Å²) in [6.07, 6.45) is 30.5. The van der Waals surface area contributed by atoms with Crippen LogP contribution in [0.25, 0.3) is 0 Å². The number of esters is 2. The number of allylic oxidation sites excluding steroid dienone is 7. The number of unbranched alkanes of at least 4 members (excludes halogenated alkanes) is 11. The molecule has 0 spiro atoms. The molecule has 4 N–H and O–H groups in total. The standard InChI is InChI=1S/C41H69O11P/c1-3-5-7-8-9-10-11-12-13-14-15-16-17-18-24-28-41(46)52-35(33-51-53(47,48)49)32-50-40(45)27-23-20-19-22-26-36-37(39(44)31-38(36)43)30-29-34(42)25-21-6-4-2/h9-10,12-13,19,22,29-30,34-38,42-43H,3-8,11,14-18,20-21,23-28,31-33H2,1-2H3,(H2,47,48,49)/b10-9-,13-12-,22-19-,30-29+/t34-,35+,36+,37+,38-/m0/s1. The van der Waals surface area contributed by atoms with E-state index in [1.807, 2.05) is 12.2 Å². The molecule has 1 saturated carbocycles. The van der Waals surface area contributed by atoms with Crippen LogP contribution in [0, 0.1) is 11.8 Å². The number of hydrogen-bond donors (Lipinski definition) is 4. The molecule has 0 amide bonds. The Balaban J connectivity index is 2.33. The zero-order valence-corrected chi connectivity index (χ0v) is 33.3. The molecule has 0 aromatic carbocycles. The van der Waals surface area contributed by atoms with Crippen molar-refractivity contribution < 1.29 is 52.9 Å². The third kappa shape index (κ3) is 26.9. The molecule has 0 aromatic rings. The van der Waals surface area contributed by atoms with Crippen LogP contribution in [0.15, 0.2) is 48.6 Å². The number of phosphoric acid groups is 1. The van der Waals surface area contributed by atoms with E-state index in [4.69, 9.17) is 19.3 Å². The Morgan fingerprint density at radius 3 is 2.09 bits per heavy atom. The third-order valence-electron chi connectivity index (χ3n) is 9.20. The van der Waals surface area contributed by atoms with Gasteiger partial charge in [-0.1, -0.05) is 114 Å². The van der Waals surface area contributed by atoms with Crippen LogP contribution in [-0.4, -0.2) is 69.2 Å². The molecule has 0 unspecified atom stereocenters. The van der Waals surface area contributed by atoms with Crippen molar-refractivity contribution in [2.75, 3.05) is 13.2 Å². The second-order valence-corrected chi connectivity index (χ2v) is 15.3. The summed E-state index contributed by atoms with van der Waals surface area (Å²) in [5.74, 6) is -1.85. The van der Waals surface area contributed by atoms with Crippen LogP contribution in [0.1, 0.15) is 149 Å². The van der Waals surface area contributed by atoms with Gasteiger partial charge in [-0.05, 0) is 64.2 Å². The molecule has 5 atom stereocenters. The SMILES string of the molecule is CCCCC/C=C\C/C=C\CCCCCCCC(=O)O[C@H](COC(=O)CCC/C=C\C[C@H]1[C@@H](O)CC(=O)[C@@H]1/C=C/[C@@H](O)CCCCC)COP(=O)(O)O. The topological polar surface area (TPSA) is 177 Å². The molecule has 53 heavy (non-hydrogen) atoms. The van der Waals surface area contributed by atoms with Crippen molar-refractivity contribution in [1.82, 2.24) is 0 Å². The van der Waals surface area contributed by atoms with Crippen molar-refractivity contribution in [3.8, 4) is 0 Å². The maximum Gasteiger partial charge on any atom is 0.469 e. The van der Waals surface area contributed by atoms with E-state index in [1.54, 1.807) is 12.2 Å². The molecule has 0 aliphatic heterocycles. The summed E-state index contributed by atoms with van der Waals surface area (Å²) in [4.78, 5) is 55.4. The first-order valence-corrected chi connectivity index (χ1v) is 21.6. The van der Waals surface area contributed by atoms with E-state index in [-0.39, 0.29) is 31.0 Å². The molecule has 1 fully saturated rings. The van der Waals surface area contributed by atoms with Crippen molar-refractivity contribution in [1.29, 1.82) is 0 Å². The summed E-state index contributed by atoms with van der Waals surface area (Å²) < 4.78 is 26.3. The van der Waals surface area contributed by atoms with Crippen LogP contribution in [0.2, 0.25) is 0 Å². The quantitative estimate of drug-likeness (QED) is 0.0223. The van der Waals surface area contributed by atoms with Gasteiger partial charge in [0.2, 0.25) is 0 Å². The molecule has 1 rings (SSSR count). The Hall–Kier alpha value is -2.40. The van der Waals surface area contributed by atoms with Crippen LogP contribution in [0.4, 0.5) is 0 Å². The van der Waals surface area contributed by atoms with Crippen molar-refractivity contribution in [2.24, 2.45) is 11.8 Å². The zero-order chi connectivity index (χ0) is 39.2. The van der Waals surface area contributed by atoms with Gasteiger partial charge in [0.25, 0.3) is 0 Å². The maximum atomic E-state index is 12.4. The largest absolute Gasteiger partial charge is 0.469 e. The number of ketones is 1. The molecule has 0 heterocycles. The first-order chi connectivity index (χ1) is 25.5. The summed E-state index contributed by atoms with van der Waals surface area (Å²) in [7, 11) is -4.82. The predicted molar refractivity (Wildman–Crippen MR) is 208 cm³/mol. The van der Waals surface area contributed by atoms with E-state index in [2.05, 4.69) is 42.7 Å². The molecule has 304 valence electrons. The lowest BCUT2D eigenvalue weighted by Crippen LogP contribution is -2.29. The fourth-order valence-electron chi connectivity index (χ4n) is 6.09. The zero-order valence-electron chi connectivity index (χ0n) is 32.4. The van der Waals surface area contributed by atoms with E-state index in [0.29, 0.717) is 32.1 Å². The number of aliphatic hydroxyl groups is 2. The van der Waals surface area contributed by atoms with E-state index in [9.17, 15) is 29.2 Å². The summed E-state index contributed by atoms with van der Waals surface area (Å²) in [6.45, 7) is 3.30. The number of phosphoric ester groups is 1. The highest BCUT2D eigenvalue weighted by Crippen LogP contribution is 2.36. The second kappa shape index (κ2) is 30.9. The van der Waals surface area contributed by atoms with Gasteiger partial charge in [-0.3, -0.25) is 18.9 Å². The fourth-order valence-corrected chi connectivity index (χ4v) is 6.45. The third-order valence-corrected chi connectivity index (χ3v) is 9.68. The molecular weight excluding hydrogens is 699 g/mol. The fraction of sp³-hybridized carbons (Fsp3) is 0.732. The Morgan fingerprint density at radius 2 is 1.40 bits per heavy atom. The Labute approximate surface area is 318 Å². The van der Waals surface area contributed by atoms with Crippen molar-refractivity contribution in [3.05, 3.63) is 48.6 Å². The van der Waals surface area contributed by atoms with E-state index in [1.165, 1.54) is 19.3 Å². The molecule has 12 heteroatoms. The Kier molecular flexibility index (Phi) is 28.3. The first-order valence-electron chi connectivity index (χ1n) is 20.0. The molecule has 0 saturated heterocycles. The van der Waals surface area contributed by atoms with E-state index in [0.717, 1.165) is 64.2 Å². The lowest BCUT2D eigenvalue weighted by atomic mass is 9.90. The highest BCUT2D eigenvalue weighted by molar-refractivity contribution is 7.46. The molecule has 1 aliphatic rings. The van der Waals surface area contributed by atoms with Gasteiger partial charge >= 0.3 is 19.8 Å². The van der Waals surface area contributed by atoms with Crippen LogP contribution >= 0.6 is 7.82 Å². The molecule has 0 aromatic heterocycles. The van der Waals surface area contributed by atoms with Gasteiger partial charge in [0.15, 0.2) is 6.10 Å². The molecular formula is C41H69O11P. The van der Waals surface area contributed by atoms with Gasteiger partial charge in [-0.2, -0.15) is 0 Å². The van der Waals surface area contributed by atoms with Crippen LogP contribution in [0.3, 0.4) is 0 Å². The van der Waals surface area contributed by atoms with Crippen LogP contribution in [-0.2, 0) is 32.9 Å². The lowest BCUT2D eigenvalue weighted by molar-refractivity contribution is -0.161. The minimum absolute atomic E-state index is 0.0349. The smallest absolute Gasteiger partial charge is 0.462 e. The lowest BCUT2D eigenvalue weighted by Gasteiger charge is -2.18. The van der Waals surface area contributed by atoms with Gasteiger partial charge in [-0.15, -0.1) is 0 Å². The number of carbonyl (C=O) groups is 3. The maximum absolute atomic E-state index is 12.4. The summed E-state index contributed by atoms with van der Waals surface area (Å²) in [6, 6.07) is 0. The normalized spacial score (nSPS) is 19.3. The number of hydrogen-bond acceptors (Lipinski definition) is 9. The van der Waals surface area contributed by atoms with Gasteiger partial charge in [0.1, 0.15) is 12.4 Å². The average molecular weight is 769 g/mol. The average Bonchev–Trinajstić information content (AvgIpc) is 3.38. The summed E-state index contributed by atoms with van der Waals surface area (Å²) in [5.41, 5.74) is 0. The Morgan fingerprint density at radius 1 is 0.792 bits per heavy atom. The summed E-state index contributed by atoms with van der Waals surface area (Å²) >= 11 is 0. The number of aliphatic hydroxyl groups excluding tert-OH is 2. The van der Waals surface area contributed by atoms with Gasteiger partial charge in [0.05, 0.1) is 18.8 Å². The predicted octanol–water partition coefficient (Wildman–Crippen LogP) is 8.54. The molecule has 0 bridgehead atoms. The molecule has 11 nitrogen and oxygen atoms in total. The van der Waals surface area contributed by atoms with E-state index < -0.39 is 57.2 Å². The minimum atomic E-state index is -4.82. The first kappa shape index (κ1) is 48.6. The van der Waals surface area contributed by atoms with Crippen LogP contribution < -0.4 is 0 Å². The Bertz CT molecular complexity index is 1160. The van der Waals surface area contributed by atoms with Crippen molar-refractivity contribution in [2.45, 2.75) is 167 Å². The van der Waals surface area contributed by atoms with Crippen molar-refractivity contribution in [3.63, 3.8) is 0 Å². The highest BCUT2D eigenvalue weighted by atomic mass is 31.2. The number of Topliss-reactive ketones (excluding diaryl/α,β-unsaturated/α-hetero) is 1. The molecule has 0 radical (unpaired) electrons. The van der Waals surface area contributed by atoms with Gasteiger partial charge < -0.3 is 29.5 Å². The second-order valence-electron chi connectivity index (χ2n) is 14.0. The van der Waals surface area contributed by atoms with Gasteiger partial charge in [-0.25, -0.2) is 4.57 Å². The van der Waals surface area contributed by atoms with Crippen molar-refractivity contribution >= 4 is 25.5 Å². The number of rotatable bonds is 32. The van der Waals surface area contributed by atoms with E-state index >= 15 is 0 Å². The summed E-state index contributed by atoms with van der Waals surface area (Å²) in [5, 5.41) is 20.6. The number of carbonyl (C=O) groups excluding carboxylic acids is 3. The minimum Gasteiger partial charge on any atom is -0.462 e. The highest BCUT2D eigenvalue weighted by Gasteiger charge is 2.39. The van der Waals surface area contributed by atoms with Crippen LogP contribution in [0.5, 0.6) is 0 Å². The molecule has 1 aliphatic carbocycles. The monoisotopic (exact) mass is 768 g/mol.